The van der Waals surface area contributed by atoms with Gasteiger partial charge in [-0.05, 0) is 26.7 Å². The van der Waals surface area contributed by atoms with E-state index in [1.54, 1.807) is 0 Å². The van der Waals surface area contributed by atoms with Crippen molar-refractivity contribution in [2.75, 3.05) is 13.2 Å². The molecule has 0 aromatic heterocycles. The molecule has 11 heteroatoms. The van der Waals surface area contributed by atoms with Crippen LogP contribution in [0.15, 0.2) is 23.1 Å². The molecule has 0 saturated heterocycles. The van der Waals surface area contributed by atoms with Gasteiger partial charge in [0.25, 0.3) is 0 Å². The zero-order valence-electron chi connectivity index (χ0n) is 13.8. The zero-order valence-corrected chi connectivity index (χ0v) is 13.8. The lowest BCUT2D eigenvalue weighted by Crippen LogP contribution is -2.48. The van der Waals surface area contributed by atoms with E-state index < -0.39 is 65.5 Å². The van der Waals surface area contributed by atoms with Crippen molar-refractivity contribution < 1.29 is 50.5 Å². The molecule has 0 spiro atoms. The molecule has 0 saturated carbocycles. The zero-order chi connectivity index (χ0) is 20.3. The Hall–Kier alpha value is -2.04. The van der Waals surface area contributed by atoms with Crippen molar-refractivity contribution in [3.05, 3.63) is 23.1 Å². The molecule has 0 amide bonds. The molecule has 1 atom stereocenters. The molecule has 1 unspecified atom stereocenters. The monoisotopic (exact) mass is 390 g/mol. The lowest BCUT2D eigenvalue weighted by molar-refractivity contribution is -0.230. The van der Waals surface area contributed by atoms with Gasteiger partial charge in [-0.1, -0.05) is 0 Å². The molecule has 0 heterocycles. The highest BCUT2D eigenvalue weighted by molar-refractivity contribution is 5.94. The van der Waals surface area contributed by atoms with Crippen LogP contribution in [0.25, 0.3) is 0 Å². The first kappa shape index (κ1) is 22.0. The Morgan fingerprint density at radius 3 is 1.88 bits per heavy atom. The number of hydrogen-bond donors (Lipinski definition) is 1. The number of esters is 2. The number of aliphatic hydroxyl groups is 1. The highest BCUT2D eigenvalue weighted by Crippen LogP contribution is 2.51. The normalized spacial score (nSPS) is 22.7. The van der Waals surface area contributed by atoms with E-state index in [2.05, 4.69) is 9.47 Å². The number of alkyl halides is 3. The van der Waals surface area contributed by atoms with Gasteiger partial charge < -0.3 is 14.6 Å². The molecular weight excluding hydrogens is 374 g/mol. The van der Waals surface area contributed by atoms with Gasteiger partial charge in [0.1, 0.15) is 0 Å². The Kier molecular flexibility index (Phi) is 6.86. The maximum absolute atomic E-state index is 13.8. The summed E-state index contributed by atoms with van der Waals surface area (Å²) in [5.74, 6) is -22.6. The fourth-order valence-corrected chi connectivity index (χ4v) is 2.17. The predicted octanol–water partition coefficient (Wildman–Crippen LogP) is 3.19. The number of hydrogen-bond acceptors (Lipinski definition) is 5. The highest BCUT2D eigenvalue weighted by atomic mass is 19.3. The van der Waals surface area contributed by atoms with E-state index >= 15 is 0 Å². The summed E-state index contributed by atoms with van der Waals surface area (Å²) < 4.78 is 90.2. The summed E-state index contributed by atoms with van der Waals surface area (Å²) in [7, 11) is 0. The van der Waals surface area contributed by atoms with Gasteiger partial charge in [-0.15, -0.1) is 0 Å². The summed E-state index contributed by atoms with van der Waals surface area (Å²) in [6.07, 6.45) is -1.86. The van der Waals surface area contributed by atoms with E-state index in [1.807, 2.05) is 0 Å². The molecular formula is C15H16F6O5. The number of rotatable bonds is 7. The van der Waals surface area contributed by atoms with Gasteiger partial charge in [-0.2, -0.15) is 13.2 Å². The van der Waals surface area contributed by atoms with Crippen LogP contribution in [0.5, 0.6) is 0 Å². The van der Waals surface area contributed by atoms with Gasteiger partial charge in [0.15, 0.2) is 17.6 Å². The third-order valence-corrected chi connectivity index (χ3v) is 3.53. The van der Waals surface area contributed by atoms with Gasteiger partial charge in [0, 0.05) is 5.57 Å². The smallest absolute Gasteiger partial charge is 0.363 e. The van der Waals surface area contributed by atoms with Crippen molar-refractivity contribution in [1.29, 1.82) is 0 Å². The first-order chi connectivity index (χ1) is 11.9. The lowest BCUT2D eigenvalue weighted by atomic mass is 9.90. The molecule has 148 valence electrons. The van der Waals surface area contributed by atoms with Gasteiger partial charge in [0.05, 0.1) is 13.2 Å². The Bertz CT molecular complexity index is 622. The summed E-state index contributed by atoms with van der Waals surface area (Å²) in [5, 5.41) is 8.71. The molecule has 5 nitrogen and oxygen atoms in total. The van der Waals surface area contributed by atoms with Gasteiger partial charge >= 0.3 is 23.7 Å². The minimum atomic E-state index is -5.38. The molecule has 26 heavy (non-hydrogen) atoms. The van der Waals surface area contributed by atoms with Crippen molar-refractivity contribution >= 4 is 11.9 Å². The summed E-state index contributed by atoms with van der Waals surface area (Å²) in [6, 6.07) is 0. The van der Waals surface area contributed by atoms with E-state index in [0.29, 0.717) is 0 Å². The Morgan fingerprint density at radius 1 is 1.00 bits per heavy atom. The second kappa shape index (κ2) is 8.11. The number of ether oxygens (including phenoxy) is 2. The van der Waals surface area contributed by atoms with E-state index in [1.165, 1.54) is 13.8 Å². The first-order valence-corrected chi connectivity index (χ1v) is 7.50. The van der Waals surface area contributed by atoms with Crippen molar-refractivity contribution in [3.63, 3.8) is 0 Å². The molecule has 0 aliphatic heterocycles. The number of allylic oxidation sites excluding steroid dienone is 2. The summed E-state index contributed by atoms with van der Waals surface area (Å²) in [4.78, 5) is 23.5. The summed E-state index contributed by atoms with van der Waals surface area (Å²) in [6.45, 7) is 2.51. The highest BCUT2D eigenvalue weighted by Gasteiger charge is 2.65. The minimum absolute atomic E-state index is 0.151. The van der Waals surface area contributed by atoms with Crippen molar-refractivity contribution in [2.24, 2.45) is 5.92 Å². The molecule has 0 bridgehead atoms. The Labute approximate surface area is 144 Å². The standard InChI is InChI=1S/C15H16F6O5/c1-3-25-12(22)8(13(23)26-4-2)6-5-7-9(16)11(18)15(21,24)14(19,20)10(7)17/h8,24H,3-6H2,1-2H3. The second-order valence-electron chi connectivity index (χ2n) is 5.21. The quantitative estimate of drug-likeness (QED) is 0.411. The molecule has 1 N–H and O–H groups in total. The Balaban J connectivity index is 3.15. The van der Waals surface area contributed by atoms with Gasteiger partial charge in [-0.3, -0.25) is 9.59 Å². The molecule has 0 aromatic carbocycles. The van der Waals surface area contributed by atoms with Crippen molar-refractivity contribution in [3.8, 4) is 0 Å². The third-order valence-electron chi connectivity index (χ3n) is 3.53. The van der Waals surface area contributed by atoms with Crippen molar-refractivity contribution in [2.45, 2.75) is 38.5 Å². The molecule has 1 rings (SSSR count). The minimum Gasteiger partial charge on any atom is -0.465 e. The Morgan fingerprint density at radius 2 is 1.46 bits per heavy atom. The SMILES string of the molecule is CCOC(=O)C(CCC1=C(F)C(F)(F)C(O)(F)C(F)=C1F)C(=O)OCC. The number of carbonyl (C=O) groups is 2. The van der Waals surface area contributed by atoms with E-state index in [9.17, 15) is 35.9 Å². The van der Waals surface area contributed by atoms with Crippen LogP contribution in [0.2, 0.25) is 0 Å². The maximum Gasteiger partial charge on any atom is 0.363 e. The largest absolute Gasteiger partial charge is 0.465 e. The van der Waals surface area contributed by atoms with Crippen LogP contribution in [-0.4, -0.2) is 42.0 Å². The maximum atomic E-state index is 13.8. The van der Waals surface area contributed by atoms with Gasteiger partial charge in [-0.25, -0.2) is 13.2 Å². The first-order valence-electron chi connectivity index (χ1n) is 7.50. The topological polar surface area (TPSA) is 72.8 Å². The second-order valence-corrected chi connectivity index (χ2v) is 5.21. The molecule has 0 aromatic rings. The van der Waals surface area contributed by atoms with Crippen molar-refractivity contribution in [1.82, 2.24) is 0 Å². The molecule has 1 aliphatic carbocycles. The average Bonchev–Trinajstić information content (AvgIpc) is 2.56. The molecule has 0 fully saturated rings. The van der Waals surface area contributed by atoms with Crippen LogP contribution in [0.3, 0.4) is 0 Å². The average molecular weight is 390 g/mol. The van der Waals surface area contributed by atoms with E-state index in [4.69, 9.17) is 5.11 Å². The predicted molar refractivity (Wildman–Crippen MR) is 74.4 cm³/mol. The third kappa shape index (κ3) is 3.87. The number of carbonyl (C=O) groups excluding carboxylic acids is 2. The fourth-order valence-electron chi connectivity index (χ4n) is 2.17. The summed E-state index contributed by atoms with van der Waals surface area (Å²) in [5.41, 5.74) is -1.60. The van der Waals surface area contributed by atoms with Crippen LogP contribution in [0.4, 0.5) is 26.3 Å². The van der Waals surface area contributed by atoms with Gasteiger partial charge in [0.2, 0.25) is 5.83 Å². The summed E-state index contributed by atoms with van der Waals surface area (Å²) >= 11 is 0. The van der Waals surface area contributed by atoms with Crippen LogP contribution in [0, 0.1) is 5.92 Å². The molecule has 0 radical (unpaired) electrons. The fraction of sp³-hybridized carbons (Fsp3) is 0.600. The van der Waals surface area contributed by atoms with Crippen LogP contribution in [-0.2, 0) is 19.1 Å². The van der Waals surface area contributed by atoms with Crippen LogP contribution >= 0.6 is 0 Å². The van der Waals surface area contributed by atoms with E-state index in [0.717, 1.165) is 0 Å². The molecule has 1 aliphatic rings. The lowest BCUT2D eigenvalue weighted by Gasteiger charge is -2.31. The van der Waals surface area contributed by atoms with Crippen LogP contribution in [0.1, 0.15) is 26.7 Å². The van der Waals surface area contributed by atoms with Crippen LogP contribution < -0.4 is 0 Å². The van der Waals surface area contributed by atoms with E-state index in [-0.39, 0.29) is 13.2 Å². The number of halogens is 6.